The molecule has 3 heteroatoms. The van der Waals surface area contributed by atoms with Crippen molar-refractivity contribution in [3.8, 4) is 0 Å². The lowest BCUT2D eigenvalue weighted by Gasteiger charge is -2.42. The summed E-state index contributed by atoms with van der Waals surface area (Å²) in [7, 11) is 0. The van der Waals surface area contributed by atoms with Crippen molar-refractivity contribution in [2.45, 2.75) is 45.3 Å². The Labute approximate surface area is 103 Å². The number of carbonyl (C=O) groups excluding carboxylic acids is 1. The minimum absolute atomic E-state index is 0.132. The van der Waals surface area contributed by atoms with Gasteiger partial charge in [0.1, 0.15) is 6.29 Å². The molecule has 0 aromatic carbocycles. The number of aldehydes is 1. The Hall–Kier alpha value is -0.410. The third kappa shape index (κ3) is 1.93. The van der Waals surface area contributed by atoms with Crippen molar-refractivity contribution in [1.82, 2.24) is 0 Å². The second kappa shape index (κ2) is 3.79. The Kier molecular flexibility index (Phi) is 2.60. The van der Waals surface area contributed by atoms with Crippen molar-refractivity contribution >= 4 is 6.29 Å². The van der Waals surface area contributed by atoms with Crippen molar-refractivity contribution < 1.29 is 14.3 Å². The maximum Gasteiger partial charge on any atom is 0.168 e. The van der Waals surface area contributed by atoms with Crippen LogP contribution in [-0.2, 0) is 14.3 Å². The Morgan fingerprint density at radius 2 is 1.82 bits per heavy atom. The Balaban J connectivity index is 1.70. The van der Waals surface area contributed by atoms with Gasteiger partial charge in [0.2, 0.25) is 0 Å². The van der Waals surface area contributed by atoms with E-state index in [4.69, 9.17) is 9.47 Å². The van der Waals surface area contributed by atoms with E-state index in [1.54, 1.807) is 0 Å². The second-order valence-corrected chi connectivity index (χ2v) is 6.86. The number of carbonyl (C=O) groups is 1. The van der Waals surface area contributed by atoms with Gasteiger partial charge in [-0.2, -0.15) is 0 Å². The Morgan fingerprint density at radius 1 is 1.12 bits per heavy atom. The second-order valence-electron chi connectivity index (χ2n) is 6.86. The first-order chi connectivity index (χ1) is 8.04. The number of hydrogen-bond acceptors (Lipinski definition) is 3. The zero-order valence-corrected chi connectivity index (χ0v) is 10.8. The maximum atomic E-state index is 11.0. The van der Waals surface area contributed by atoms with Crippen molar-refractivity contribution in [1.29, 1.82) is 0 Å². The molecule has 1 aliphatic heterocycles. The summed E-state index contributed by atoms with van der Waals surface area (Å²) in [5, 5.41) is 0. The number of ether oxygens (including phenoxy) is 2. The van der Waals surface area contributed by atoms with Crippen LogP contribution >= 0.6 is 0 Å². The monoisotopic (exact) mass is 238 g/mol. The van der Waals surface area contributed by atoms with Gasteiger partial charge < -0.3 is 14.3 Å². The summed E-state index contributed by atoms with van der Waals surface area (Å²) in [6.45, 7) is 5.89. The molecule has 3 aliphatic rings. The molecule has 2 aliphatic carbocycles. The van der Waals surface area contributed by atoms with Crippen molar-refractivity contribution in [3.63, 3.8) is 0 Å². The van der Waals surface area contributed by atoms with E-state index < -0.39 is 0 Å². The molecule has 17 heavy (non-hydrogen) atoms. The highest BCUT2D eigenvalue weighted by Crippen LogP contribution is 2.54. The predicted molar refractivity (Wildman–Crippen MR) is 63.4 cm³/mol. The summed E-state index contributed by atoms with van der Waals surface area (Å²) < 4.78 is 12.1. The molecule has 0 bridgehead atoms. The Bertz CT molecular complexity index is 313. The topological polar surface area (TPSA) is 35.5 Å². The van der Waals surface area contributed by atoms with Gasteiger partial charge in [0.15, 0.2) is 5.79 Å². The van der Waals surface area contributed by atoms with Gasteiger partial charge in [-0.1, -0.05) is 13.8 Å². The van der Waals surface area contributed by atoms with Gasteiger partial charge in [-0.25, -0.2) is 0 Å². The van der Waals surface area contributed by atoms with Crippen LogP contribution < -0.4 is 0 Å². The van der Waals surface area contributed by atoms with Gasteiger partial charge in [0.25, 0.3) is 0 Å². The van der Waals surface area contributed by atoms with Crippen LogP contribution in [0.3, 0.4) is 0 Å². The van der Waals surface area contributed by atoms with Crippen LogP contribution in [0.1, 0.15) is 39.5 Å². The van der Waals surface area contributed by atoms with Gasteiger partial charge in [-0.15, -0.1) is 0 Å². The normalized spacial score (nSPS) is 42.6. The standard InChI is InChI=1S/C14H22O3/c1-13(2)8-16-14(17-9-13)5-10-3-4-11(7-15)12(10)6-14/h7,10-12H,3-6,8-9H2,1-2H3/t10-,11-,12+/m1/s1. The average molecular weight is 238 g/mol. The van der Waals surface area contributed by atoms with E-state index in [2.05, 4.69) is 13.8 Å². The molecule has 0 aromatic rings. The third-order valence-electron chi connectivity index (χ3n) is 4.77. The zero-order chi connectivity index (χ0) is 12.1. The maximum absolute atomic E-state index is 11.0. The van der Waals surface area contributed by atoms with Gasteiger partial charge >= 0.3 is 0 Å². The molecule has 3 rings (SSSR count). The lowest BCUT2D eigenvalue weighted by molar-refractivity contribution is -0.297. The van der Waals surface area contributed by atoms with Gasteiger partial charge in [0.05, 0.1) is 13.2 Å². The summed E-state index contributed by atoms with van der Waals surface area (Å²) >= 11 is 0. The SMILES string of the molecule is CC1(C)COC2(C[C@H]3CC[C@H](C=O)[C@H]3C2)OC1. The number of rotatable bonds is 1. The van der Waals surface area contributed by atoms with Gasteiger partial charge in [-0.05, 0) is 24.7 Å². The van der Waals surface area contributed by atoms with Gasteiger partial charge in [-0.3, -0.25) is 0 Å². The summed E-state index contributed by atoms with van der Waals surface area (Å²) in [5.41, 5.74) is 0.132. The molecule has 3 nitrogen and oxygen atoms in total. The fourth-order valence-electron chi connectivity index (χ4n) is 3.74. The van der Waals surface area contributed by atoms with E-state index in [0.717, 1.165) is 38.8 Å². The quantitative estimate of drug-likeness (QED) is 0.658. The molecule has 0 aromatic heterocycles. The third-order valence-corrected chi connectivity index (χ3v) is 4.77. The van der Waals surface area contributed by atoms with Crippen LogP contribution in [0.25, 0.3) is 0 Å². The first kappa shape index (κ1) is 11.7. The molecule has 1 heterocycles. The predicted octanol–water partition coefficient (Wildman–Crippen LogP) is 2.39. The van der Waals surface area contributed by atoms with E-state index in [0.29, 0.717) is 11.8 Å². The minimum atomic E-state index is -0.355. The summed E-state index contributed by atoms with van der Waals surface area (Å²) in [6.07, 6.45) is 5.32. The molecule has 1 saturated heterocycles. The fourth-order valence-corrected chi connectivity index (χ4v) is 3.74. The van der Waals surface area contributed by atoms with Crippen LogP contribution in [0.2, 0.25) is 0 Å². The molecular formula is C14H22O3. The highest BCUT2D eigenvalue weighted by Gasteiger charge is 2.54. The smallest absolute Gasteiger partial charge is 0.168 e. The van der Waals surface area contributed by atoms with Crippen LogP contribution in [0, 0.1) is 23.2 Å². The lowest BCUT2D eigenvalue weighted by Crippen LogP contribution is -2.46. The van der Waals surface area contributed by atoms with E-state index in [1.165, 1.54) is 6.42 Å². The Morgan fingerprint density at radius 3 is 2.47 bits per heavy atom. The number of hydrogen-bond donors (Lipinski definition) is 0. The van der Waals surface area contributed by atoms with E-state index >= 15 is 0 Å². The molecule has 0 radical (unpaired) electrons. The van der Waals surface area contributed by atoms with Crippen molar-refractivity contribution in [2.75, 3.05) is 13.2 Å². The molecule has 1 spiro atoms. The summed E-state index contributed by atoms with van der Waals surface area (Å²) in [4.78, 5) is 11.0. The highest BCUT2D eigenvalue weighted by atomic mass is 16.7. The summed E-state index contributed by atoms with van der Waals surface area (Å²) in [6, 6.07) is 0. The van der Waals surface area contributed by atoms with Crippen LogP contribution in [-0.4, -0.2) is 25.3 Å². The van der Waals surface area contributed by atoms with Crippen LogP contribution in [0.15, 0.2) is 0 Å². The van der Waals surface area contributed by atoms with Crippen molar-refractivity contribution in [3.05, 3.63) is 0 Å². The van der Waals surface area contributed by atoms with Crippen LogP contribution in [0.4, 0.5) is 0 Å². The largest absolute Gasteiger partial charge is 0.349 e. The average Bonchev–Trinajstić information content (AvgIpc) is 2.80. The molecule has 3 atom stereocenters. The molecule has 2 saturated carbocycles. The summed E-state index contributed by atoms with van der Waals surface area (Å²) in [5.74, 6) is 1.05. The molecule has 0 N–H and O–H groups in total. The fraction of sp³-hybridized carbons (Fsp3) is 0.929. The van der Waals surface area contributed by atoms with Crippen LogP contribution in [0.5, 0.6) is 0 Å². The molecule has 96 valence electrons. The molecule has 0 unspecified atom stereocenters. The molecule has 0 amide bonds. The molecular weight excluding hydrogens is 216 g/mol. The first-order valence-electron chi connectivity index (χ1n) is 6.77. The molecule has 3 fully saturated rings. The first-order valence-corrected chi connectivity index (χ1v) is 6.77. The number of fused-ring (bicyclic) bond motifs is 1. The van der Waals surface area contributed by atoms with Gasteiger partial charge in [0, 0.05) is 24.2 Å². The highest BCUT2D eigenvalue weighted by molar-refractivity contribution is 5.55. The van der Waals surface area contributed by atoms with Crippen molar-refractivity contribution in [2.24, 2.45) is 23.2 Å². The zero-order valence-electron chi connectivity index (χ0n) is 10.8. The van der Waals surface area contributed by atoms with E-state index in [9.17, 15) is 4.79 Å². The van der Waals surface area contributed by atoms with E-state index in [-0.39, 0.29) is 17.1 Å². The lowest BCUT2D eigenvalue weighted by atomic mass is 9.92. The van der Waals surface area contributed by atoms with E-state index in [1.807, 2.05) is 0 Å². The minimum Gasteiger partial charge on any atom is -0.349 e.